The van der Waals surface area contributed by atoms with E-state index in [0.717, 1.165) is 41.9 Å². The number of hydrogen-bond acceptors (Lipinski definition) is 4. The standard InChI is InChI=1S/C22H19N3O2/c1-25-9-8-16-17(15-7-6-13-4-2-3-5-14(13)10-15)11-18-20(19(16)12-25)23-22(26)21(18)24-27/h2-7,10-11,21H,8-9,12H2,1H3,(H,23,26). The van der Waals surface area contributed by atoms with Crippen LogP contribution in [0.5, 0.6) is 0 Å². The van der Waals surface area contributed by atoms with Crippen molar-refractivity contribution in [1.29, 1.82) is 0 Å². The van der Waals surface area contributed by atoms with E-state index in [9.17, 15) is 9.70 Å². The average molecular weight is 357 g/mol. The number of carbonyl (C=O) groups is 1. The van der Waals surface area contributed by atoms with Gasteiger partial charge in [-0.3, -0.25) is 4.79 Å². The summed E-state index contributed by atoms with van der Waals surface area (Å²) in [6, 6.07) is 15.7. The molecule has 134 valence electrons. The summed E-state index contributed by atoms with van der Waals surface area (Å²) in [6.45, 7) is 1.72. The molecular weight excluding hydrogens is 338 g/mol. The van der Waals surface area contributed by atoms with Crippen molar-refractivity contribution in [2.24, 2.45) is 5.18 Å². The van der Waals surface area contributed by atoms with Crippen LogP contribution in [0.15, 0.2) is 53.7 Å². The summed E-state index contributed by atoms with van der Waals surface area (Å²) in [5, 5.41) is 8.35. The zero-order valence-electron chi connectivity index (χ0n) is 15.0. The van der Waals surface area contributed by atoms with Crippen molar-refractivity contribution in [1.82, 2.24) is 4.90 Å². The maximum Gasteiger partial charge on any atom is 0.257 e. The average Bonchev–Trinajstić information content (AvgIpc) is 3.02. The van der Waals surface area contributed by atoms with Crippen LogP contribution in [0.25, 0.3) is 21.9 Å². The Bertz CT molecular complexity index is 1110. The lowest BCUT2D eigenvalue weighted by atomic mass is 9.86. The number of nitrogens with zero attached hydrogens (tertiary/aromatic N) is 2. The fourth-order valence-corrected chi connectivity index (χ4v) is 4.33. The van der Waals surface area contributed by atoms with Crippen molar-refractivity contribution in [2.45, 2.75) is 19.0 Å². The topological polar surface area (TPSA) is 61.8 Å². The number of amides is 1. The van der Waals surface area contributed by atoms with Crippen LogP contribution >= 0.6 is 0 Å². The van der Waals surface area contributed by atoms with Gasteiger partial charge in [-0.2, -0.15) is 0 Å². The maximum absolute atomic E-state index is 12.2. The first-order valence-corrected chi connectivity index (χ1v) is 9.15. The van der Waals surface area contributed by atoms with Gasteiger partial charge in [-0.25, -0.2) is 0 Å². The Labute approximate surface area is 157 Å². The normalized spacial score (nSPS) is 18.9. The fourth-order valence-electron chi connectivity index (χ4n) is 4.33. The highest BCUT2D eigenvalue weighted by atomic mass is 16.3. The van der Waals surface area contributed by atoms with Crippen LogP contribution in [-0.4, -0.2) is 24.4 Å². The van der Waals surface area contributed by atoms with Gasteiger partial charge in [0.1, 0.15) is 0 Å². The molecule has 1 unspecified atom stereocenters. The Hall–Kier alpha value is -3.05. The van der Waals surface area contributed by atoms with Crippen LogP contribution in [0.1, 0.15) is 22.7 Å². The molecule has 0 saturated carbocycles. The first kappa shape index (κ1) is 16.1. The monoisotopic (exact) mass is 357 g/mol. The summed E-state index contributed by atoms with van der Waals surface area (Å²) >= 11 is 0. The highest BCUT2D eigenvalue weighted by Gasteiger charge is 2.36. The molecule has 0 spiro atoms. The van der Waals surface area contributed by atoms with Gasteiger partial charge in [0.25, 0.3) is 5.91 Å². The summed E-state index contributed by atoms with van der Waals surface area (Å²) in [5.41, 5.74) is 6.08. The summed E-state index contributed by atoms with van der Waals surface area (Å²) in [7, 11) is 2.07. The molecule has 2 aliphatic heterocycles. The predicted molar refractivity (Wildman–Crippen MR) is 107 cm³/mol. The zero-order valence-corrected chi connectivity index (χ0v) is 15.0. The first-order valence-electron chi connectivity index (χ1n) is 9.15. The number of nitroso groups, excluding NO2 is 1. The second-order valence-electron chi connectivity index (χ2n) is 7.39. The van der Waals surface area contributed by atoms with Gasteiger partial charge in [-0.15, -0.1) is 4.91 Å². The van der Waals surface area contributed by atoms with E-state index in [1.54, 1.807) is 0 Å². The number of anilines is 1. The van der Waals surface area contributed by atoms with E-state index in [1.807, 2.05) is 18.2 Å². The van der Waals surface area contributed by atoms with E-state index in [4.69, 9.17) is 0 Å². The highest BCUT2D eigenvalue weighted by molar-refractivity contribution is 6.05. The highest BCUT2D eigenvalue weighted by Crippen LogP contribution is 2.44. The van der Waals surface area contributed by atoms with E-state index in [2.05, 4.69) is 52.8 Å². The quantitative estimate of drug-likeness (QED) is 0.697. The number of rotatable bonds is 2. The third kappa shape index (κ3) is 2.46. The summed E-state index contributed by atoms with van der Waals surface area (Å²) in [6.07, 6.45) is 0.913. The molecule has 0 saturated heterocycles. The van der Waals surface area contributed by atoms with Gasteiger partial charge in [-0.1, -0.05) is 41.6 Å². The van der Waals surface area contributed by atoms with Crippen molar-refractivity contribution < 1.29 is 4.79 Å². The molecule has 27 heavy (non-hydrogen) atoms. The molecule has 3 aromatic rings. The Balaban J connectivity index is 1.77. The third-order valence-corrected chi connectivity index (χ3v) is 5.71. The van der Waals surface area contributed by atoms with Crippen LogP contribution in [0.2, 0.25) is 0 Å². The molecule has 1 atom stereocenters. The second kappa shape index (κ2) is 5.99. The molecule has 2 aliphatic rings. The molecule has 2 heterocycles. The minimum absolute atomic E-state index is 0.328. The van der Waals surface area contributed by atoms with Crippen LogP contribution in [0, 0.1) is 4.91 Å². The minimum Gasteiger partial charge on any atom is -0.323 e. The molecular formula is C22H19N3O2. The van der Waals surface area contributed by atoms with Crippen LogP contribution < -0.4 is 5.32 Å². The number of nitrogens with one attached hydrogen (secondary N) is 1. The molecule has 0 bridgehead atoms. The Kier molecular flexibility index (Phi) is 3.58. The van der Waals surface area contributed by atoms with Crippen molar-refractivity contribution in [3.05, 3.63) is 70.1 Å². The summed E-state index contributed by atoms with van der Waals surface area (Å²) < 4.78 is 0. The van der Waals surface area contributed by atoms with Crippen LogP contribution in [0.4, 0.5) is 5.69 Å². The van der Waals surface area contributed by atoms with Crippen molar-refractivity contribution in [2.75, 3.05) is 18.9 Å². The van der Waals surface area contributed by atoms with Crippen molar-refractivity contribution in [3.8, 4) is 11.1 Å². The van der Waals surface area contributed by atoms with Crippen molar-refractivity contribution in [3.63, 3.8) is 0 Å². The Morgan fingerprint density at radius 3 is 2.70 bits per heavy atom. The number of hydrogen-bond donors (Lipinski definition) is 1. The first-order chi connectivity index (χ1) is 13.2. The zero-order chi connectivity index (χ0) is 18.5. The molecule has 0 aliphatic carbocycles. The summed E-state index contributed by atoms with van der Waals surface area (Å²) in [5.74, 6) is -0.328. The van der Waals surface area contributed by atoms with Gasteiger partial charge >= 0.3 is 0 Å². The molecule has 0 aromatic heterocycles. The number of benzene rings is 3. The van der Waals surface area contributed by atoms with Gasteiger partial charge in [0.05, 0.1) is 5.69 Å². The van der Waals surface area contributed by atoms with Gasteiger partial charge in [0, 0.05) is 18.7 Å². The van der Waals surface area contributed by atoms with Gasteiger partial charge in [-0.05, 0) is 58.6 Å². The summed E-state index contributed by atoms with van der Waals surface area (Å²) in [4.78, 5) is 25.8. The third-order valence-electron chi connectivity index (χ3n) is 5.71. The predicted octanol–water partition coefficient (Wildman–Crippen LogP) is 4.25. The molecule has 3 aromatic carbocycles. The lowest BCUT2D eigenvalue weighted by Gasteiger charge is -2.29. The fraction of sp³-hybridized carbons (Fsp3) is 0.227. The maximum atomic E-state index is 12.2. The molecule has 1 amide bonds. The Morgan fingerprint density at radius 2 is 1.89 bits per heavy atom. The minimum atomic E-state index is -0.961. The molecule has 5 heteroatoms. The second-order valence-corrected chi connectivity index (χ2v) is 7.39. The number of fused-ring (bicyclic) bond motifs is 4. The molecule has 5 nitrogen and oxygen atoms in total. The van der Waals surface area contributed by atoms with E-state index in [-0.39, 0.29) is 5.91 Å². The molecule has 0 radical (unpaired) electrons. The van der Waals surface area contributed by atoms with E-state index in [1.165, 1.54) is 16.3 Å². The number of likely N-dealkylation sites (N-methyl/N-ethyl adjacent to an activating group) is 1. The molecule has 1 N–H and O–H groups in total. The smallest absolute Gasteiger partial charge is 0.257 e. The van der Waals surface area contributed by atoms with Crippen LogP contribution in [0.3, 0.4) is 0 Å². The molecule has 0 fully saturated rings. The largest absolute Gasteiger partial charge is 0.323 e. The Morgan fingerprint density at radius 1 is 1.07 bits per heavy atom. The van der Waals surface area contributed by atoms with E-state index >= 15 is 0 Å². The van der Waals surface area contributed by atoms with Gasteiger partial charge < -0.3 is 10.2 Å². The lowest BCUT2D eigenvalue weighted by molar-refractivity contribution is -0.116. The van der Waals surface area contributed by atoms with E-state index in [0.29, 0.717) is 5.56 Å². The van der Waals surface area contributed by atoms with Crippen LogP contribution in [-0.2, 0) is 17.8 Å². The SMILES string of the molecule is CN1CCc2c(-c3ccc4ccccc4c3)cc3c(c2C1)NC(=O)C3N=O. The van der Waals surface area contributed by atoms with Gasteiger partial charge in [0.15, 0.2) is 6.04 Å². The van der Waals surface area contributed by atoms with Crippen molar-refractivity contribution >= 4 is 22.4 Å². The number of carbonyl (C=O) groups excluding carboxylic acids is 1. The lowest BCUT2D eigenvalue weighted by Crippen LogP contribution is -2.27. The molecule has 5 rings (SSSR count). The van der Waals surface area contributed by atoms with Gasteiger partial charge in [0.2, 0.25) is 0 Å². The van der Waals surface area contributed by atoms with E-state index < -0.39 is 6.04 Å².